The van der Waals surface area contributed by atoms with Crippen LogP contribution in [0.15, 0.2) is 17.3 Å². The minimum absolute atomic E-state index is 0.0146. The first-order chi connectivity index (χ1) is 7.74. The standard InChI is InChI=1S/C10H9ClFNO3/c11-9-6(10-15-3-4-16-10)1-2-8(12)7(9)5-13-14/h1-2,5,10,14H,3-4H2. The lowest BCUT2D eigenvalue weighted by Crippen LogP contribution is -2.02. The van der Waals surface area contributed by atoms with E-state index in [0.29, 0.717) is 18.8 Å². The van der Waals surface area contributed by atoms with Crippen molar-refractivity contribution in [1.29, 1.82) is 0 Å². The van der Waals surface area contributed by atoms with Gasteiger partial charge in [0, 0.05) is 5.56 Å². The van der Waals surface area contributed by atoms with E-state index in [9.17, 15) is 4.39 Å². The second kappa shape index (κ2) is 4.78. The number of halogens is 2. The first kappa shape index (κ1) is 11.3. The van der Waals surface area contributed by atoms with Crippen LogP contribution in [0.5, 0.6) is 0 Å². The van der Waals surface area contributed by atoms with Crippen molar-refractivity contribution in [3.05, 3.63) is 34.1 Å². The summed E-state index contributed by atoms with van der Waals surface area (Å²) < 4.78 is 23.8. The summed E-state index contributed by atoms with van der Waals surface area (Å²) >= 11 is 5.97. The Bertz CT molecular complexity index is 419. The van der Waals surface area contributed by atoms with Gasteiger partial charge in [-0.05, 0) is 12.1 Å². The number of rotatable bonds is 2. The molecule has 1 aromatic rings. The molecular formula is C10H9ClFNO3. The SMILES string of the molecule is ON=Cc1c(F)ccc(C2OCCO2)c1Cl. The van der Waals surface area contributed by atoms with Crippen LogP contribution in [0.25, 0.3) is 0 Å². The number of nitrogens with zero attached hydrogens (tertiary/aromatic N) is 1. The van der Waals surface area contributed by atoms with Gasteiger partial charge in [-0.15, -0.1) is 0 Å². The molecular weight excluding hydrogens is 237 g/mol. The van der Waals surface area contributed by atoms with Gasteiger partial charge in [0.15, 0.2) is 6.29 Å². The molecule has 86 valence electrons. The van der Waals surface area contributed by atoms with Gasteiger partial charge < -0.3 is 14.7 Å². The Morgan fingerprint density at radius 1 is 1.44 bits per heavy atom. The van der Waals surface area contributed by atoms with Crippen LogP contribution >= 0.6 is 11.6 Å². The molecule has 0 saturated carbocycles. The Hall–Kier alpha value is -1.17. The minimum Gasteiger partial charge on any atom is -0.411 e. The van der Waals surface area contributed by atoms with Crippen molar-refractivity contribution in [3.8, 4) is 0 Å². The Labute approximate surface area is 96.2 Å². The Kier molecular flexibility index (Phi) is 3.38. The van der Waals surface area contributed by atoms with E-state index in [1.165, 1.54) is 12.1 Å². The molecule has 0 radical (unpaired) electrons. The van der Waals surface area contributed by atoms with Crippen molar-refractivity contribution in [2.24, 2.45) is 5.16 Å². The van der Waals surface area contributed by atoms with Gasteiger partial charge >= 0.3 is 0 Å². The largest absolute Gasteiger partial charge is 0.411 e. The summed E-state index contributed by atoms with van der Waals surface area (Å²) in [4.78, 5) is 0. The maximum atomic E-state index is 13.3. The summed E-state index contributed by atoms with van der Waals surface area (Å²) in [6.07, 6.45) is 0.356. The molecule has 0 spiro atoms. The monoisotopic (exact) mass is 245 g/mol. The highest BCUT2D eigenvalue weighted by Gasteiger charge is 2.23. The third-order valence-corrected chi connectivity index (χ3v) is 2.64. The molecule has 1 heterocycles. The Morgan fingerprint density at radius 3 is 2.75 bits per heavy atom. The number of benzene rings is 1. The van der Waals surface area contributed by atoms with Gasteiger partial charge in [-0.1, -0.05) is 16.8 Å². The molecule has 0 unspecified atom stereocenters. The fourth-order valence-corrected chi connectivity index (χ4v) is 1.77. The predicted molar refractivity (Wildman–Crippen MR) is 55.4 cm³/mol. The molecule has 0 amide bonds. The highest BCUT2D eigenvalue weighted by Crippen LogP contribution is 2.32. The molecule has 1 saturated heterocycles. The van der Waals surface area contributed by atoms with Gasteiger partial charge in [0.25, 0.3) is 0 Å². The molecule has 1 aliphatic heterocycles. The summed E-state index contributed by atoms with van der Waals surface area (Å²) in [5.74, 6) is -0.565. The van der Waals surface area contributed by atoms with Gasteiger partial charge in [0.1, 0.15) is 5.82 Å². The number of ether oxygens (including phenoxy) is 2. The zero-order chi connectivity index (χ0) is 11.5. The average molecular weight is 246 g/mol. The van der Waals surface area contributed by atoms with Gasteiger partial charge in [0.05, 0.1) is 30.0 Å². The minimum atomic E-state index is -0.584. The molecule has 0 atom stereocenters. The van der Waals surface area contributed by atoms with Crippen LogP contribution in [0.4, 0.5) is 4.39 Å². The Morgan fingerprint density at radius 2 is 2.12 bits per heavy atom. The van der Waals surface area contributed by atoms with Crippen molar-refractivity contribution in [2.45, 2.75) is 6.29 Å². The quantitative estimate of drug-likeness (QED) is 0.494. The lowest BCUT2D eigenvalue weighted by Gasteiger charge is -2.12. The van der Waals surface area contributed by atoms with Crippen molar-refractivity contribution in [1.82, 2.24) is 0 Å². The molecule has 0 aromatic heterocycles. The van der Waals surface area contributed by atoms with Crippen LogP contribution < -0.4 is 0 Å². The van der Waals surface area contributed by atoms with E-state index in [-0.39, 0.29) is 10.6 Å². The van der Waals surface area contributed by atoms with E-state index < -0.39 is 12.1 Å². The number of hydrogen-bond acceptors (Lipinski definition) is 4. The molecule has 2 rings (SSSR count). The third kappa shape index (κ3) is 2.02. The number of hydrogen-bond donors (Lipinski definition) is 1. The van der Waals surface area contributed by atoms with E-state index in [0.717, 1.165) is 6.21 Å². The molecule has 0 bridgehead atoms. The van der Waals surface area contributed by atoms with E-state index in [2.05, 4.69) is 5.16 Å². The van der Waals surface area contributed by atoms with Crippen LogP contribution in [0, 0.1) is 5.82 Å². The molecule has 6 heteroatoms. The fraction of sp³-hybridized carbons (Fsp3) is 0.300. The zero-order valence-electron chi connectivity index (χ0n) is 8.19. The van der Waals surface area contributed by atoms with E-state index in [1.54, 1.807) is 0 Å². The van der Waals surface area contributed by atoms with E-state index in [4.69, 9.17) is 26.3 Å². The summed E-state index contributed by atoms with van der Waals surface area (Å²) in [5, 5.41) is 11.3. The first-order valence-electron chi connectivity index (χ1n) is 4.62. The smallest absolute Gasteiger partial charge is 0.185 e. The maximum Gasteiger partial charge on any atom is 0.185 e. The van der Waals surface area contributed by atoms with Gasteiger partial charge in [-0.3, -0.25) is 0 Å². The second-order valence-corrected chi connectivity index (χ2v) is 3.56. The average Bonchev–Trinajstić information content (AvgIpc) is 2.77. The maximum absolute atomic E-state index is 13.3. The van der Waals surface area contributed by atoms with E-state index >= 15 is 0 Å². The van der Waals surface area contributed by atoms with Gasteiger partial charge in [-0.2, -0.15) is 0 Å². The molecule has 1 aliphatic rings. The number of oxime groups is 1. The van der Waals surface area contributed by atoms with Crippen molar-refractivity contribution >= 4 is 17.8 Å². The van der Waals surface area contributed by atoms with Crippen molar-refractivity contribution in [3.63, 3.8) is 0 Å². The third-order valence-electron chi connectivity index (χ3n) is 2.22. The predicted octanol–water partition coefficient (Wildman–Crippen LogP) is 2.33. The Balaban J connectivity index is 2.42. The second-order valence-electron chi connectivity index (χ2n) is 3.18. The lowest BCUT2D eigenvalue weighted by molar-refractivity contribution is -0.0440. The fourth-order valence-electron chi connectivity index (χ4n) is 1.48. The van der Waals surface area contributed by atoms with E-state index in [1.807, 2.05) is 0 Å². The highest BCUT2D eigenvalue weighted by atomic mass is 35.5. The van der Waals surface area contributed by atoms with Crippen molar-refractivity contribution in [2.75, 3.05) is 13.2 Å². The van der Waals surface area contributed by atoms with Crippen LogP contribution in [0.1, 0.15) is 17.4 Å². The molecule has 1 fully saturated rings. The summed E-state index contributed by atoms with van der Waals surface area (Å²) in [6, 6.07) is 2.71. The molecule has 1 N–H and O–H groups in total. The summed E-state index contributed by atoms with van der Waals surface area (Å²) in [7, 11) is 0. The molecule has 4 nitrogen and oxygen atoms in total. The summed E-state index contributed by atoms with van der Waals surface area (Å²) in [5.41, 5.74) is 0.538. The summed E-state index contributed by atoms with van der Waals surface area (Å²) in [6.45, 7) is 0.948. The van der Waals surface area contributed by atoms with Crippen LogP contribution in [-0.4, -0.2) is 24.6 Å². The zero-order valence-corrected chi connectivity index (χ0v) is 8.95. The van der Waals surface area contributed by atoms with Crippen LogP contribution in [-0.2, 0) is 9.47 Å². The highest BCUT2D eigenvalue weighted by molar-refractivity contribution is 6.33. The van der Waals surface area contributed by atoms with Crippen LogP contribution in [0.2, 0.25) is 5.02 Å². The van der Waals surface area contributed by atoms with Crippen molar-refractivity contribution < 1.29 is 19.1 Å². The normalized spacial score (nSPS) is 17.4. The van der Waals surface area contributed by atoms with Gasteiger partial charge in [0.2, 0.25) is 0 Å². The topological polar surface area (TPSA) is 51.1 Å². The molecule has 16 heavy (non-hydrogen) atoms. The first-order valence-corrected chi connectivity index (χ1v) is 5.00. The van der Waals surface area contributed by atoms with Crippen LogP contribution in [0.3, 0.4) is 0 Å². The molecule has 0 aliphatic carbocycles. The van der Waals surface area contributed by atoms with Gasteiger partial charge in [-0.25, -0.2) is 4.39 Å². The molecule has 1 aromatic carbocycles. The lowest BCUT2D eigenvalue weighted by atomic mass is 10.1.